The molecule has 0 bridgehead atoms. The Labute approximate surface area is 212 Å². The number of aryl methyl sites for hydroxylation is 1. The second kappa shape index (κ2) is 9.07. The average Bonchev–Trinajstić information content (AvgIpc) is 3.24. The van der Waals surface area contributed by atoms with Crippen LogP contribution in [-0.4, -0.2) is 37.3 Å². The van der Waals surface area contributed by atoms with E-state index in [4.69, 9.17) is 5.73 Å². The van der Waals surface area contributed by atoms with E-state index in [1.807, 2.05) is 6.07 Å². The van der Waals surface area contributed by atoms with Crippen LogP contribution < -0.4 is 16.2 Å². The molecule has 0 spiro atoms. The van der Waals surface area contributed by atoms with Crippen LogP contribution in [-0.2, 0) is 6.18 Å². The van der Waals surface area contributed by atoms with Crippen molar-refractivity contribution in [2.75, 3.05) is 17.2 Å². The predicted molar refractivity (Wildman–Crippen MR) is 129 cm³/mol. The number of aliphatic hydroxyl groups is 1. The van der Waals surface area contributed by atoms with Crippen LogP contribution in [0.4, 0.5) is 29.3 Å². The molecule has 5 rings (SSSR count). The fourth-order valence-corrected chi connectivity index (χ4v) is 4.78. The second-order valence-corrected chi connectivity index (χ2v) is 8.82. The number of rotatable bonds is 3. The number of aliphatic hydroxyl groups excluding tert-OH is 1. The number of anilines is 2. The molecule has 0 saturated carbocycles. The third-order valence-corrected chi connectivity index (χ3v) is 6.34. The van der Waals surface area contributed by atoms with Crippen molar-refractivity contribution in [3.05, 3.63) is 81.3 Å². The summed E-state index contributed by atoms with van der Waals surface area (Å²) >= 11 is 0. The van der Waals surface area contributed by atoms with E-state index >= 15 is 0 Å². The minimum absolute atomic E-state index is 0.0138. The predicted octanol–water partition coefficient (Wildman–Crippen LogP) is 3.41. The number of aromatic nitrogens is 4. The number of nitrogens with two attached hydrogens (primary N) is 1. The smallest absolute Gasteiger partial charge is 0.391 e. The van der Waals surface area contributed by atoms with Gasteiger partial charge in [-0.1, -0.05) is 12.1 Å². The zero-order chi connectivity index (χ0) is 27.4. The largest absolute Gasteiger partial charge is 0.417 e. The first kappa shape index (κ1) is 25.1. The molecular weight excluding hydrogens is 506 g/mol. The van der Waals surface area contributed by atoms with E-state index in [0.29, 0.717) is 0 Å². The summed E-state index contributed by atoms with van der Waals surface area (Å²) in [7, 11) is 0. The number of benzene rings is 2. The Morgan fingerprint density at radius 1 is 1.16 bits per heavy atom. The van der Waals surface area contributed by atoms with Gasteiger partial charge in [0.2, 0.25) is 5.95 Å². The minimum Gasteiger partial charge on any atom is -0.391 e. The van der Waals surface area contributed by atoms with Crippen molar-refractivity contribution in [3.8, 4) is 11.8 Å². The quantitative estimate of drug-likeness (QED) is 0.389. The fraction of sp³-hybridized carbons (Fsp3) is 0.240. The maximum absolute atomic E-state index is 14.2. The van der Waals surface area contributed by atoms with Gasteiger partial charge in [0.15, 0.2) is 5.82 Å². The van der Waals surface area contributed by atoms with Crippen molar-refractivity contribution in [1.82, 2.24) is 19.5 Å². The first-order valence-electron chi connectivity index (χ1n) is 11.4. The topological polar surface area (TPSA) is 134 Å². The number of β-amino-alcohol motifs (C(OH)–C–C–N with tert-alkyl or cyclic N) is 1. The standard InChI is InChI=1S/C25H19F4N7O2/c1-12-16(10-30)21(34-24(31)32-12)35-11-15(37)9-19(35)22-33-18-7-3-6-17(25(27,28)29)20(18)23(38)36(22)14-5-2-4-13(26)8-14/h2-8,15,19,37H,9,11H2,1H3,(H2,31,32,34)/t15-,19-/m0/s1. The van der Waals surface area contributed by atoms with Crippen LogP contribution in [0.2, 0.25) is 0 Å². The molecule has 3 heterocycles. The number of halogens is 4. The van der Waals surface area contributed by atoms with Crippen molar-refractivity contribution in [3.63, 3.8) is 0 Å². The van der Waals surface area contributed by atoms with Gasteiger partial charge in [-0.25, -0.2) is 14.4 Å². The van der Waals surface area contributed by atoms with Gasteiger partial charge in [-0.3, -0.25) is 9.36 Å². The number of hydrogen-bond donors (Lipinski definition) is 2. The van der Waals surface area contributed by atoms with Gasteiger partial charge < -0.3 is 15.7 Å². The molecule has 2 atom stereocenters. The van der Waals surface area contributed by atoms with Gasteiger partial charge >= 0.3 is 6.18 Å². The van der Waals surface area contributed by atoms with E-state index in [-0.39, 0.29) is 53.0 Å². The van der Waals surface area contributed by atoms with Crippen LogP contribution in [0.5, 0.6) is 0 Å². The maximum Gasteiger partial charge on any atom is 0.417 e. The summed E-state index contributed by atoms with van der Waals surface area (Å²) in [6.45, 7) is 1.51. The second-order valence-electron chi connectivity index (χ2n) is 8.82. The SMILES string of the molecule is Cc1nc(N)nc(N2C[C@@H](O)C[C@H]2c2nc3cccc(C(F)(F)F)c3c(=O)n2-c2cccc(F)c2)c1C#N. The van der Waals surface area contributed by atoms with Crippen LogP contribution in [0.15, 0.2) is 47.3 Å². The molecule has 2 aromatic carbocycles. The summed E-state index contributed by atoms with van der Waals surface area (Å²) in [5, 5.41) is 19.7. The molecule has 3 N–H and O–H groups in total. The Morgan fingerprint density at radius 2 is 1.89 bits per heavy atom. The van der Waals surface area contributed by atoms with Gasteiger partial charge in [0, 0.05) is 13.0 Å². The Kier molecular flexibility index (Phi) is 5.99. The number of alkyl halides is 3. The van der Waals surface area contributed by atoms with E-state index in [1.54, 1.807) is 6.92 Å². The normalized spacial score (nSPS) is 17.7. The van der Waals surface area contributed by atoms with Crippen LogP contribution in [0, 0.1) is 24.1 Å². The molecule has 9 nitrogen and oxygen atoms in total. The monoisotopic (exact) mass is 525 g/mol. The summed E-state index contributed by atoms with van der Waals surface area (Å²) in [4.78, 5) is 27.9. The molecule has 0 unspecified atom stereocenters. The highest BCUT2D eigenvalue weighted by atomic mass is 19.4. The molecule has 13 heteroatoms. The molecule has 1 aliphatic rings. The molecule has 2 aromatic heterocycles. The Balaban J connectivity index is 1.84. The van der Waals surface area contributed by atoms with Crippen molar-refractivity contribution < 1.29 is 22.7 Å². The van der Waals surface area contributed by atoms with Gasteiger partial charge in [-0.15, -0.1) is 0 Å². The fourth-order valence-electron chi connectivity index (χ4n) is 4.78. The zero-order valence-electron chi connectivity index (χ0n) is 19.7. The van der Waals surface area contributed by atoms with E-state index in [1.165, 1.54) is 23.1 Å². The lowest BCUT2D eigenvalue weighted by Gasteiger charge is -2.28. The first-order valence-corrected chi connectivity index (χ1v) is 11.4. The molecule has 0 aliphatic carbocycles. The molecule has 4 aromatic rings. The molecule has 194 valence electrons. The lowest BCUT2D eigenvalue weighted by Crippen LogP contribution is -2.33. The van der Waals surface area contributed by atoms with Gasteiger partial charge in [-0.05, 0) is 37.3 Å². The molecule has 1 fully saturated rings. The van der Waals surface area contributed by atoms with E-state index in [2.05, 4.69) is 15.0 Å². The van der Waals surface area contributed by atoms with Crippen LogP contribution >= 0.6 is 0 Å². The molecule has 1 aliphatic heterocycles. The van der Waals surface area contributed by atoms with E-state index in [0.717, 1.165) is 28.8 Å². The van der Waals surface area contributed by atoms with Crippen molar-refractivity contribution in [1.29, 1.82) is 5.26 Å². The zero-order valence-corrected chi connectivity index (χ0v) is 19.7. The first-order chi connectivity index (χ1) is 18.0. The van der Waals surface area contributed by atoms with E-state index in [9.17, 15) is 32.7 Å². The van der Waals surface area contributed by atoms with Crippen LogP contribution in [0.3, 0.4) is 0 Å². The highest BCUT2D eigenvalue weighted by Crippen LogP contribution is 2.39. The highest BCUT2D eigenvalue weighted by Gasteiger charge is 2.40. The lowest BCUT2D eigenvalue weighted by atomic mass is 10.1. The highest BCUT2D eigenvalue weighted by molar-refractivity contribution is 5.82. The summed E-state index contributed by atoms with van der Waals surface area (Å²) in [6.07, 6.45) is -5.84. The van der Waals surface area contributed by atoms with E-state index < -0.39 is 40.6 Å². The van der Waals surface area contributed by atoms with Crippen molar-refractivity contribution >= 4 is 22.7 Å². The Hall–Kier alpha value is -4.57. The third kappa shape index (κ3) is 4.18. The molecule has 0 amide bonds. The maximum atomic E-state index is 14.2. The lowest BCUT2D eigenvalue weighted by molar-refractivity contribution is -0.136. The van der Waals surface area contributed by atoms with Crippen LogP contribution in [0.1, 0.15) is 35.1 Å². The van der Waals surface area contributed by atoms with Gasteiger partial charge in [0.25, 0.3) is 5.56 Å². The van der Waals surface area contributed by atoms with Crippen molar-refractivity contribution in [2.24, 2.45) is 0 Å². The average molecular weight is 525 g/mol. The van der Waals surface area contributed by atoms with Gasteiger partial charge in [0.1, 0.15) is 23.3 Å². The summed E-state index contributed by atoms with van der Waals surface area (Å²) < 4.78 is 56.7. The van der Waals surface area contributed by atoms with Gasteiger partial charge in [-0.2, -0.15) is 23.4 Å². The summed E-state index contributed by atoms with van der Waals surface area (Å²) in [5.41, 5.74) is 3.63. The Morgan fingerprint density at radius 3 is 2.58 bits per heavy atom. The number of hydrogen-bond acceptors (Lipinski definition) is 8. The number of nitrogen functional groups attached to an aromatic ring is 1. The number of nitriles is 1. The minimum atomic E-state index is -4.85. The molecule has 0 radical (unpaired) electrons. The summed E-state index contributed by atoms with van der Waals surface area (Å²) in [5.74, 6) is -0.856. The molecule has 38 heavy (non-hydrogen) atoms. The molecular formula is C25H19F4N7O2. The Bertz CT molecular complexity index is 1680. The molecule has 1 saturated heterocycles. The summed E-state index contributed by atoms with van der Waals surface area (Å²) in [6, 6.07) is 9.04. The van der Waals surface area contributed by atoms with Gasteiger partial charge in [0.05, 0.1) is 40.0 Å². The van der Waals surface area contributed by atoms with Crippen molar-refractivity contribution in [2.45, 2.75) is 31.7 Å². The van der Waals surface area contributed by atoms with Crippen LogP contribution in [0.25, 0.3) is 16.6 Å². The third-order valence-electron chi connectivity index (χ3n) is 6.34. The number of fused-ring (bicyclic) bond motifs is 1. The number of nitrogens with zero attached hydrogens (tertiary/aromatic N) is 6.